The van der Waals surface area contributed by atoms with Gasteiger partial charge in [0.05, 0.1) is 17.6 Å². The molecule has 1 unspecified atom stereocenters. The summed E-state index contributed by atoms with van der Waals surface area (Å²) in [7, 11) is -0.585. The van der Waals surface area contributed by atoms with Crippen molar-refractivity contribution in [3.63, 3.8) is 0 Å². The van der Waals surface area contributed by atoms with Crippen molar-refractivity contribution < 1.29 is 19.2 Å². The fourth-order valence-electron chi connectivity index (χ4n) is 3.17. The smallest absolute Gasteiger partial charge is 0.466 e. The predicted octanol–water partition coefficient (Wildman–Crippen LogP) is 4.54. The highest BCUT2D eigenvalue weighted by Crippen LogP contribution is 2.42. The maximum absolute atomic E-state index is 11.4. The molecule has 5 heteroatoms. The van der Waals surface area contributed by atoms with Gasteiger partial charge >= 0.3 is 13.1 Å². The van der Waals surface area contributed by atoms with Crippen LogP contribution in [0.5, 0.6) is 0 Å². The van der Waals surface area contributed by atoms with Crippen molar-refractivity contribution in [2.75, 3.05) is 0 Å². The van der Waals surface area contributed by atoms with Crippen molar-refractivity contribution >= 4 is 13.1 Å². The van der Waals surface area contributed by atoms with Gasteiger partial charge in [0.2, 0.25) is 0 Å². The maximum Gasteiger partial charge on any atom is 0.466 e. The molecule has 0 saturated carbocycles. The van der Waals surface area contributed by atoms with E-state index in [1.165, 1.54) is 0 Å². The number of hydrogen-bond acceptors (Lipinski definition) is 3. The summed E-state index contributed by atoms with van der Waals surface area (Å²) in [5.41, 5.74) is 2.16. The van der Waals surface area contributed by atoms with Gasteiger partial charge in [0.15, 0.2) is 0 Å². The Labute approximate surface area is 155 Å². The molecule has 0 aliphatic carbocycles. The quantitative estimate of drug-likeness (QED) is 0.803. The van der Waals surface area contributed by atoms with Gasteiger partial charge in [-0.05, 0) is 44.4 Å². The zero-order valence-electron chi connectivity index (χ0n) is 15.7. The van der Waals surface area contributed by atoms with Crippen molar-refractivity contribution in [1.29, 1.82) is 0 Å². The van der Waals surface area contributed by atoms with Crippen LogP contribution in [0.4, 0.5) is 0 Å². The molecule has 1 N–H and O–H groups in total. The van der Waals surface area contributed by atoms with Gasteiger partial charge in [-0.3, -0.25) is 4.79 Å². The van der Waals surface area contributed by atoms with E-state index in [-0.39, 0.29) is 12.2 Å². The molecule has 0 amide bonds. The average Bonchev–Trinajstić information content (AvgIpc) is 2.81. The molecular weight excluding hydrogens is 327 g/mol. The number of aliphatic carboxylic acids is 1. The van der Waals surface area contributed by atoms with Crippen LogP contribution >= 0.6 is 0 Å². The zero-order valence-corrected chi connectivity index (χ0v) is 15.7. The minimum atomic E-state index is -0.864. The Bertz CT molecular complexity index is 752. The topological polar surface area (TPSA) is 55.8 Å². The van der Waals surface area contributed by atoms with Crippen LogP contribution in [-0.2, 0) is 14.1 Å². The van der Waals surface area contributed by atoms with Gasteiger partial charge in [0, 0.05) is 5.82 Å². The van der Waals surface area contributed by atoms with Crippen LogP contribution in [0.15, 0.2) is 54.6 Å². The van der Waals surface area contributed by atoms with Gasteiger partial charge in [-0.1, -0.05) is 54.6 Å². The average molecular weight is 352 g/mol. The Morgan fingerprint density at radius 3 is 1.92 bits per heavy atom. The van der Waals surface area contributed by atoms with E-state index in [1.54, 1.807) is 0 Å². The first kappa shape index (κ1) is 18.7. The lowest BCUT2D eigenvalue weighted by Gasteiger charge is -2.32. The first-order chi connectivity index (χ1) is 12.2. The van der Waals surface area contributed by atoms with E-state index in [2.05, 4.69) is 12.1 Å². The Morgan fingerprint density at radius 1 is 0.923 bits per heavy atom. The second kappa shape index (κ2) is 6.90. The number of carbonyl (C=O) groups is 1. The van der Waals surface area contributed by atoms with E-state index >= 15 is 0 Å². The Hall–Kier alpha value is -2.11. The highest BCUT2D eigenvalue weighted by Gasteiger charge is 2.54. The molecule has 3 rings (SSSR count). The number of hydrogen-bond donors (Lipinski definition) is 1. The van der Waals surface area contributed by atoms with Gasteiger partial charge in [-0.25, -0.2) is 0 Å². The van der Waals surface area contributed by atoms with E-state index < -0.39 is 24.3 Å². The minimum absolute atomic E-state index is 0.0402. The highest BCUT2D eigenvalue weighted by atomic mass is 16.7. The molecule has 1 fully saturated rings. The summed E-state index contributed by atoms with van der Waals surface area (Å²) in [4.78, 5) is 11.4. The van der Waals surface area contributed by atoms with Crippen LogP contribution in [0.25, 0.3) is 11.1 Å². The van der Waals surface area contributed by atoms with E-state index in [4.69, 9.17) is 9.31 Å². The third kappa shape index (κ3) is 3.69. The number of benzene rings is 2. The lowest BCUT2D eigenvalue weighted by molar-refractivity contribution is -0.137. The lowest BCUT2D eigenvalue weighted by atomic mass is 9.66. The third-order valence-electron chi connectivity index (χ3n) is 5.44. The molecule has 1 saturated heterocycles. The highest BCUT2D eigenvalue weighted by molar-refractivity contribution is 6.48. The van der Waals surface area contributed by atoms with Crippen LogP contribution in [0.2, 0.25) is 0 Å². The van der Waals surface area contributed by atoms with E-state index in [0.717, 1.165) is 16.7 Å². The van der Waals surface area contributed by atoms with E-state index in [1.807, 2.05) is 70.2 Å². The lowest BCUT2D eigenvalue weighted by Crippen LogP contribution is -2.41. The predicted molar refractivity (Wildman–Crippen MR) is 103 cm³/mol. The third-order valence-corrected chi connectivity index (χ3v) is 5.44. The summed E-state index contributed by atoms with van der Waals surface area (Å²) in [6.45, 7) is 7.90. The fraction of sp³-hybridized carbons (Fsp3) is 0.381. The second-order valence-electron chi connectivity index (χ2n) is 7.82. The summed E-state index contributed by atoms with van der Waals surface area (Å²) in [5, 5.41) is 9.39. The van der Waals surface area contributed by atoms with E-state index in [9.17, 15) is 9.90 Å². The normalized spacial score (nSPS) is 19.3. The number of carboxylic acid groups (broad SMARTS) is 1. The Morgan fingerprint density at radius 2 is 1.42 bits per heavy atom. The molecular formula is C21H25BO4. The van der Waals surface area contributed by atoms with Gasteiger partial charge in [-0.15, -0.1) is 0 Å². The van der Waals surface area contributed by atoms with Crippen LogP contribution in [-0.4, -0.2) is 29.4 Å². The molecule has 2 aromatic rings. The number of carboxylic acids is 1. The molecule has 1 heterocycles. The summed E-state index contributed by atoms with van der Waals surface area (Å²) in [6, 6.07) is 18.1. The largest absolute Gasteiger partial charge is 0.481 e. The second-order valence-corrected chi connectivity index (χ2v) is 7.82. The molecule has 26 heavy (non-hydrogen) atoms. The van der Waals surface area contributed by atoms with Crippen LogP contribution in [0.1, 0.15) is 45.5 Å². The zero-order chi connectivity index (χ0) is 18.9. The van der Waals surface area contributed by atoms with Gasteiger partial charge in [0.1, 0.15) is 0 Å². The van der Waals surface area contributed by atoms with Crippen molar-refractivity contribution in [1.82, 2.24) is 0 Å². The van der Waals surface area contributed by atoms with Crippen LogP contribution in [0, 0.1) is 0 Å². The molecule has 0 radical (unpaired) electrons. The van der Waals surface area contributed by atoms with Gasteiger partial charge in [0.25, 0.3) is 0 Å². The summed E-state index contributed by atoms with van der Waals surface area (Å²) in [5.74, 6) is -1.23. The molecule has 1 aliphatic heterocycles. The molecule has 136 valence electrons. The molecule has 1 atom stereocenters. The number of rotatable bonds is 5. The van der Waals surface area contributed by atoms with Crippen molar-refractivity contribution in [2.45, 2.75) is 51.1 Å². The van der Waals surface area contributed by atoms with Crippen LogP contribution in [0.3, 0.4) is 0 Å². The molecule has 0 aromatic heterocycles. The van der Waals surface area contributed by atoms with Crippen molar-refractivity contribution in [3.8, 4) is 11.1 Å². The van der Waals surface area contributed by atoms with Crippen molar-refractivity contribution in [3.05, 3.63) is 60.2 Å². The Kier molecular flexibility index (Phi) is 4.95. The van der Waals surface area contributed by atoms with E-state index in [0.29, 0.717) is 0 Å². The molecule has 2 aromatic carbocycles. The van der Waals surface area contributed by atoms with Gasteiger partial charge in [-0.2, -0.15) is 0 Å². The maximum atomic E-state index is 11.4. The first-order valence-corrected chi connectivity index (χ1v) is 8.92. The first-order valence-electron chi connectivity index (χ1n) is 8.92. The molecule has 0 spiro atoms. The van der Waals surface area contributed by atoms with Gasteiger partial charge < -0.3 is 14.4 Å². The van der Waals surface area contributed by atoms with Crippen molar-refractivity contribution in [2.24, 2.45) is 0 Å². The Balaban J connectivity index is 1.88. The SMILES string of the molecule is CC1(C)OB(C(CC(=O)O)c2ccc(-c3ccccc3)cc2)OC1(C)C. The molecule has 1 aliphatic rings. The monoisotopic (exact) mass is 352 g/mol. The summed E-state index contributed by atoms with van der Waals surface area (Å²) in [6.07, 6.45) is -0.0402. The fourth-order valence-corrected chi connectivity index (χ4v) is 3.17. The van der Waals surface area contributed by atoms with Crippen LogP contribution < -0.4 is 0 Å². The standard InChI is InChI=1S/C21H25BO4/c1-20(2)21(3,4)26-22(25-20)18(14-19(23)24)17-12-10-16(11-13-17)15-8-6-5-7-9-15/h5-13,18H,14H2,1-4H3,(H,23,24). The molecule has 4 nitrogen and oxygen atoms in total. The minimum Gasteiger partial charge on any atom is -0.481 e. The summed E-state index contributed by atoms with van der Waals surface area (Å²) < 4.78 is 12.2. The molecule has 0 bridgehead atoms. The summed E-state index contributed by atoms with van der Waals surface area (Å²) >= 11 is 0.